The minimum absolute atomic E-state index is 0.514. The van der Waals surface area contributed by atoms with Crippen molar-refractivity contribution >= 4 is 32.9 Å². The monoisotopic (exact) mass is 307 g/mol. The molecule has 4 heteroatoms. The number of nitrogens with two attached hydrogens (primary N) is 1. The van der Waals surface area contributed by atoms with Crippen molar-refractivity contribution in [2.75, 3.05) is 5.73 Å². The molecule has 3 nitrogen and oxygen atoms in total. The van der Waals surface area contributed by atoms with Gasteiger partial charge in [-0.2, -0.15) is 0 Å². The first kappa shape index (κ1) is 12.0. The molecule has 1 aliphatic rings. The van der Waals surface area contributed by atoms with Crippen LogP contribution in [0.1, 0.15) is 38.6 Å². The van der Waals surface area contributed by atoms with Gasteiger partial charge in [-0.05, 0) is 49.8 Å². The molecule has 1 heterocycles. The van der Waals surface area contributed by atoms with Gasteiger partial charge in [0, 0.05) is 10.5 Å². The molecule has 3 rings (SSSR count). The fourth-order valence-electron chi connectivity index (χ4n) is 2.97. The molecule has 0 spiro atoms. The smallest absolute Gasteiger partial charge is 0.201 e. The first-order valence-electron chi connectivity index (χ1n) is 6.58. The van der Waals surface area contributed by atoms with Crippen molar-refractivity contribution in [1.82, 2.24) is 9.55 Å². The molecule has 0 amide bonds. The Labute approximate surface area is 116 Å². The fourth-order valence-corrected chi connectivity index (χ4v) is 3.32. The molecule has 1 fully saturated rings. The van der Waals surface area contributed by atoms with Crippen LogP contribution in [0.5, 0.6) is 0 Å². The Morgan fingerprint density at radius 3 is 2.72 bits per heavy atom. The third kappa shape index (κ3) is 2.03. The summed E-state index contributed by atoms with van der Waals surface area (Å²) in [5.74, 6) is 1.51. The number of hydrogen-bond donors (Lipinski definition) is 1. The Hall–Kier alpha value is -1.03. The standard InChI is InChI=1S/C14H18BrN3/c1-9-2-5-11(6-3-9)18-13-8-10(15)4-7-12(13)17-14(18)16/h4,7-9,11H,2-3,5-6H2,1H3,(H2,16,17). The molecule has 2 N–H and O–H groups in total. The Bertz CT molecular complexity index is 568. The Kier molecular flexibility index (Phi) is 3.06. The number of anilines is 1. The van der Waals surface area contributed by atoms with Gasteiger partial charge in [0.05, 0.1) is 11.0 Å². The lowest BCUT2D eigenvalue weighted by atomic mass is 9.87. The molecule has 96 valence electrons. The minimum Gasteiger partial charge on any atom is -0.369 e. The molecule has 1 aromatic heterocycles. The van der Waals surface area contributed by atoms with Gasteiger partial charge in [-0.3, -0.25) is 0 Å². The maximum atomic E-state index is 6.11. The van der Waals surface area contributed by atoms with E-state index >= 15 is 0 Å². The Balaban J connectivity index is 2.05. The molecule has 2 aromatic rings. The largest absolute Gasteiger partial charge is 0.369 e. The van der Waals surface area contributed by atoms with E-state index in [0.29, 0.717) is 12.0 Å². The second-order valence-electron chi connectivity index (χ2n) is 5.39. The second kappa shape index (κ2) is 4.57. The van der Waals surface area contributed by atoms with Gasteiger partial charge in [0.15, 0.2) is 0 Å². The molecule has 0 radical (unpaired) electrons. The molecular weight excluding hydrogens is 290 g/mol. The van der Waals surface area contributed by atoms with Gasteiger partial charge in [-0.1, -0.05) is 22.9 Å². The fraction of sp³-hybridized carbons (Fsp3) is 0.500. The van der Waals surface area contributed by atoms with E-state index in [9.17, 15) is 0 Å². The lowest BCUT2D eigenvalue weighted by Gasteiger charge is -2.28. The van der Waals surface area contributed by atoms with Gasteiger partial charge < -0.3 is 10.3 Å². The van der Waals surface area contributed by atoms with Crippen molar-refractivity contribution in [1.29, 1.82) is 0 Å². The van der Waals surface area contributed by atoms with Gasteiger partial charge in [0.1, 0.15) is 0 Å². The first-order chi connectivity index (χ1) is 8.65. The van der Waals surface area contributed by atoms with E-state index in [1.165, 1.54) is 25.7 Å². The summed E-state index contributed by atoms with van der Waals surface area (Å²) in [4.78, 5) is 4.47. The van der Waals surface area contributed by atoms with Crippen molar-refractivity contribution in [3.63, 3.8) is 0 Å². The maximum absolute atomic E-state index is 6.11. The average molecular weight is 308 g/mol. The van der Waals surface area contributed by atoms with Crippen LogP contribution in [-0.4, -0.2) is 9.55 Å². The van der Waals surface area contributed by atoms with Gasteiger partial charge >= 0.3 is 0 Å². The number of aromatic nitrogens is 2. The molecule has 1 aliphatic carbocycles. The van der Waals surface area contributed by atoms with Crippen molar-refractivity contribution < 1.29 is 0 Å². The molecule has 0 unspecified atom stereocenters. The summed E-state index contributed by atoms with van der Waals surface area (Å²) in [5.41, 5.74) is 8.25. The Morgan fingerprint density at radius 1 is 1.28 bits per heavy atom. The summed E-state index contributed by atoms with van der Waals surface area (Å²) in [6.45, 7) is 2.34. The van der Waals surface area contributed by atoms with E-state index in [4.69, 9.17) is 5.73 Å². The number of benzene rings is 1. The van der Waals surface area contributed by atoms with Crippen molar-refractivity contribution in [3.8, 4) is 0 Å². The van der Waals surface area contributed by atoms with Gasteiger partial charge in [-0.25, -0.2) is 4.98 Å². The van der Waals surface area contributed by atoms with Gasteiger partial charge in [-0.15, -0.1) is 0 Å². The second-order valence-corrected chi connectivity index (χ2v) is 6.30. The predicted molar refractivity (Wildman–Crippen MR) is 78.5 cm³/mol. The van der Waals surface area contributed by atoms with Crippen LogP contribution >= 0.6 is 15.9 Å². The van der Waals surface area contributed by atoms with Crippen LogP contribution < -0.4 is 5.73 Å². The van der Waals surface area contributed by atoms with E-state index in [1.54, 1.807) is 0 Å². The normalized spacial score (nSPS) is 24.6. The molecule has 1 aromatic carbocycles. The highest BCUT2D eigenvalue weighted by Gasteiger charge is 2.23. The van der Waals surface area contributed by atoms with E-state index in [0.717, 1.165) is 21.4 Å². The number of imidazole rings is 1. The van der Waals surface area contributed by atoms with Gasteiger partial charge in [0.25, 0.3) is 0 Å². The van der Waals surface area contributed by atoms with Crippen molar-refractivity contribution in [2.45, 2.75) is 38.6 Å². The highest BCUT2D eigenvalue weighted by molar-refractivity contribution is 9.10. The molecule has 1 saturated carbocycles. The third-order valence-electron chi connectivity index (χ3n) is 4.03. The van der Waals surface area contributed by atoms with Crippen LogP contribution in [0, 0.1) is 5.92 Å². The summed E-state index contributed by atoms with van der Waals surface area (Å²) in [6, 6.07) is 6.68. The van der Waals surface area contributed by atoms with Crippen LogP contribution in [0.3, 0.4) is 0 Å². The number of nitrogens with zero attached hydrogens (tertiary/aromatic N) is 2. The quantitative estimate of drug-likeness (QED) is 0.860. The zero-order valence-corrected chi connectivity index (χ0v) is 12.2. The molecule has 0 bridgehead atoms. The molecule has 0 aliphatic heterocycles. The minimum atomic E-state index is 0.514. The lowest BCUT2D eigenvalue weighted by molar-refractivity contribution is 0.296. The van der Waals surface area contributed by atoms with Crippen LogP contribution in [-0.2, 0) is 0 Å². The highest BCUT2D eigenvalue weighted by atomic mass is 79.9. The number of hydrogen-bond acceptors (Lipinski definition) is 2. The third-order valence-corrected chi connectivity index (χ3v) is 4.52. The predicted octanol–water partition coefficient (Wildman–Crippen LogP) is 4.13. The van der Waals surface area contributed by atoms with Crippen LogP contribution in [0.4, 0.5) is 5.95 Å². The van der Waals surface area contributed by atoms with E-state index in [-0.39, 0.29) is 0 Å². The summed E-state index contributed by atoms with van der Waals surface area (Å²) in [5, 5.41) is 0. The molecule has 0 saturated heterocycles. The highest BCUT2D eigenvalue weighted by Crippen LogP contribution is 2.36. The first-order valence-corrected chi connectivity index (χ1v) is 7.37. The maximum Gasteiger partial charge on any atom is 0.201 e. The number of fused-ring (bicyclic) bond motifs is 1. The lowest BCUT2D eigenvalue weighted by Crippen LogP contribution is -2.18. The SMILES string of the molecule is CC1CCC(n2c(N)nc3ccc(Br)cc32)CC1. The zero-order chi connectivity index (χ0) is 12.7. The number of halogens is 1. The number of rotatable bonds is 1. The summed E-state index contributed by atoms with van der Waals surface area (Å²) < 4.78 is 3.31. The van der Waals surface area contributed by atoms with E-state index in [1.807, 2.05) is 12.1 Å². The van der Waals surface area contributed by atoms with Crippen LogP contribution in [0.25, 0.3) is 11.0 Å². The van der Waals surface area contributed by atoms with Crippen molar-refractivity contribution in [2.24, 2.45) is 5.92 Å². The summed E-state index contributed by atoms with van der Waals surface area (Å²) in [7, 11) is 0. The van der Waals surface area contributed by atoms with Crippen LogP contribution in [0.15, 0.2) is 22.7 Å². The number of nitrogen functional groups attached to an aromatic ring is 1. The summed E-state index contributed by atoms with van der Waals surface area (Å²) >= 11 is 3.53. The molecular formula is C14H18BrN3. The Morgan fingerprint density at radius 2 is 2.00 bits per heavy atom. The summed E-state index contributed by atoms with van der Waals surface area (Å²) in [6.07, 6.45) is 5.00. The molecule has 0 atom stereocenters. The topological polar surface area (TPSA) is 43.8 Å². The van der Waals surface area contributed by atoms with E-state index < -0.39 is 0 Å². The van der Waals surface area contributed by atoms with E-state index in [2.05, 4.69) is 38.5 Å². The van der Waals surface area contributed by atoms with Crippen LogP contribution in [0.2, 0.25) is 0 Å². The zero-order valence-electron chi connectivity index (χ0n) is 10.6. The average Bonchev–Trinajstić information content (AvgIpc) is 2.66. The molecule has 18 heavy (non-hydrogen) atoms. The van der Waals surface area contributed by atoms with Crippen molar-refractivity contribution in [3.05, 3.63) is 22.7 Å². The van der Waals surface area contributed by atoms with Gasteiger partial charge in [0.2, 0.25) is 5.95 Å².